The second-order valence-electron chi connectivity index (χ2n) is 3.45. The van der Waals surface area contributed by atoms with E-state index in [9.17, 15) is 4.39 Å². The maximum absolute atomic E-state index is 12.9. The molecular weight excluding hydrogens is 191 g/mol. The lowest BCUT2D eigenvalue weighted by atomic mass is 10.0. The van der Waals surface area contributed by atoms with E-state index in [1.807, 2.05) is 13.8 Å². The van der Waals surface area contributed by atoms with Crippen LogP contribution < -0.4 is 10.9 Å². The van der Waals surface area contributed by atoms with Crippen LogP contribution in [0.3, 0.4) is 0 Å². The number of benzene rings is 1. The van der Waals surface area contributed by atoms with Crippen LogP contribution in [-0.2, 0) is 0 Å². The van der Waals surface area contributed by atoms with E-state index < -0.39 is 0 Å². The number of rotatable bonds is 5. The van der Waals surface area contributed by atoms with Crippen molar-refractivity contribution in [3.63, 3.8) is 0 Å². The average Bonchev–Trinajstić information content (AvgIpc) is 2.17. The second kappa shape index (κ2) is 5.63. The van der Waals surface area contributed by atoms with Gasteiger partial charge in [0.1, 0.15) is 5.82 Å². The molecule has 2 N–H and O–H groups in total. The second-order valence-corrected chi connectivity index (χ2v) is 3.45. The zero-order chi connectivity index (χ0) is 11.3. The van der Waals surface area contributed by atoms with Crippen LogP contribution in [0.4, 0.5) is 4.39 Å². The van der Waals surface area contributed by atoms with Crippen molar-refractivity contribution in [2.45, 2.75) is 13.8 Å². The van der Waals surface area contributed by atoms with E-state index in [0.717, 1.165) is 23.2 Å². The van der Waals surface area contributed by atoms with E-state index in [1.54, 1.807) is 6.07 Å². The summed E-state index contributed by atoms with van der Waals surface area (Å²) in [5.41, 5.74) is 8.90. The summed E-state index contributed by atoms with van der Waals surface area (Å²) < 4.78 is 12.9. The van der Waals surface area contributed by atoms with Crippen molar-refractivity contribution >= 4 is 5.57 Å². The molecule has 0 saturated carbocycles. The van der Waals surface area contributed by atoms with Gasteiger partial charge < -0.3 is 0 Å². The van der Waals surface area contributed by atoms with Gasteiger partial charge in [-0.2, -0.15) is 0 Å². The van der Waals surface area contributed by atoms with Gasteiger partial charge >= 0.3 is 0 Å². The number of aryl methyl sites for hydroxylation is 1. The zero-order valence-electron chi connectivity index (χ0n) is 9.23. The maximum Gasteiger partial charge on any atom is 0.123 e. The summed E-state index contributed by atoms with van der Waals surface area (Å²) in [6.07, 6.45) is 0. The fraction of sp³-hybridized carbons (Fsp3) is 0.333. The Bertz CT molecular complexity index is 347. The van der Waals surface area contributed by atoms with E-state index in [0.29, 0.717) is 6.54 Å². The van der Waals surface area contributed by atoms with Crippen molar-refractivity contribution < 1.29 is 4.39 Å². The third kappa shape index (κ3) is 3.46. The van der Waals surface area contributed by atoms with Gasteiger partial charge in [0, 0.05) is 13.1 Å². The van der Waals surface area contributed by atoms with E-state index in [-0.39, 0.29) is 5.82 Å². The molecule has 1 aromatic rings. The summed E-state index contributed by atoms with van der Waals surface area (Å²) in [7, 11) is 0. The van der Waals surface area contributed by atoms with E-state index >= 15 is 0 Å². The predicted molar refractivity (Wildman–Crippen MR) is 61.9 cm³/mol. The summed E-state index contributed by atoms with van der Waals surface area (Å²) >= 11 is 0. The molecule has 0 bridgehead atoms. The van der Waals surface area contributed by atoms with Gasteiger partial charge in [-0.05, 0) is 35.8 Å². The van der Waals surface area contributed by atoms with Gasteiger partial charge in [-0.1, -0.05) is 19.6 Å². The predicted octanol–water partition coefficient (Wildman–Crippen LogP) is 2.26. The molecule has 0 amide bonds. The van der Waals surface area contributed by atoms with Gasteiger partial charge in [0.25, 0.3) is 0 Å². The normalized spacial score (nSPS) is 10.3. The fourth-order valence-electron chi connectivity index (χ4n) is 1.41. The highest BCUT2D eigenvalue weighted by Gasteiger charge is 2.03. The average molecular weight is 208 g/mol. The van der Waals surface area contributed by atoms with Crippen molar-refractivity contribution in [3.05, 3.63) is 41.7 Å². The standard InChI is InChI=1S/C12H17FN2/c1-4-14-15-8-10(3)12-6-5-11(13)7-9(12)2/h5-7,14-15H,3-4,8H2,1-2H3. The first-order chi connectivity index (χ1) is 7.15. The molecule has 0 unspecified atom stereocenters. The van der Waals surface area contributed by atoms with Crippen LogP contribution in [0.2, 0.25) is 0 Å². The summed E-state index contributed by atoms with van der Waals surface area (Å²) in [5.74, 6) is -0.205. The van der Waals surface area contributed by atoms with Crippen LogP contribution >= 0.6 is 0 Å². The molecule has 0 radical (unpaired) electrons. The third-order valence-corrected chi connectivity index (χ3v) is 2.17. The molecule has 0 aliphatic rings. The highest BCUT2D eigenvalue weighted by molar-refractivity contribution is 5.67. The van der Waals surface area contributed by atoms with Crippen molar-refractivity contribution in [2.75, 3.05) is 13.1 Å². The summed E-state index contributed by atoms with van der Waals surface area (Å²) in [5, 5.41) is 0. The number of halogens is 1. The Kier molecular flexibility index (Phi) is 4.46. The van der Waals surface area contributed by atoms with Crippen LogP contribution in [0.15, 0.2) is 24.8 Å². The number of hydrogen-bond acceptors (Lipinski definition) is 2. The SMILES string of the molecule is C=C(CNNCC)c1ccc(F)cc1C. The van der Waals surface area contributed by atoms with E-state index in [2.05, 4.69) is 17.4 Å². The Morgan fingerprint density at radius 2 is 2.13 bits per heavy atom. The third-order valence-electron chi connectivity index (χ3n) is 2.17. The smallest absolute Gasteiger partial charge is 0.123 e. The molecule has 0 saturated heterocycles. The minimum atomic E-state index is -0.205. The van der Waals surface area contributed by atoms with Gasteiger partial charge in [0.05, 0.1) is 0 Å². The molecule has 0 aliphatic heterocycles. The van der Waals surface area contributed by atoms with Crippen LogP contribution in [0.1, 0.15) is 18.1 Å². The first kappa shape index (κ1) is 11.9. The Hall–Kier alpha value is -1.19. The summed E-state index contributed by atoms with van der Waals surface area (Å²) in [6.45, 7) is 9.37. The topological polar surface area (TPSA) is 24.1 Å². The Labute approximate surface area is 90.2 Å². The lowest BCUT2D eigenvalue weighted by Crippen LogP contribution is -2.32. The summed E-state index contributed by atoms with van der Waals surface area (Å²) in [6, 6.07) is 4.75. The van der Waals surface area contributed by atoms with Crippen LogP contribution in [0.25, 0.3) is 5.57 Å². The largest absolute Gasteiger partial charge is 0.258 e. The molecular formula is C12H17FN2. The molecule has 2 nitrogen and oxygen atoms in total. The lowest BCUT2D eigenvalue weighted by molar-refractivity contribution is 0.595. The molecule has 1 rings (SSSR count). The number of nitrogens with one attached hydrogen (secondary N) is 2. The van der Waals surface area contributed by atoms with Gasteiger partial charge in [-0.15, -0.1) is 0 Å². The van der Waals surface area contributed by atoms with Crippen LogP contribution in [0, 0.1) is 12.7 Å². The molecule has 3 heteroatoms. The highest BCUT2D eigenvalue weighted by Crippen LogP contribution is 2.17. The zero-order valence-corrected chi connectivity index (χ0v) is 9.23. The molecule has 0 heterocycles. The summed E-state index contributed by atoms with van der Waals surface area (Å²) in [4.78, 5) is 0. The highest BCUT2D eigenvalue weighted by atomic mass is 19.1. The van der Waals surface area contributed by atoms with Gasteiger partial charge in [-0.25, -0.2) is 4.39 Å². The van der Waals surface area contributed by atoms with E-state index in [1.165, 1.54) is 12.1 Å². The van der Waals surface area contributed by atoms with Crippen LogP contribution in [-0.4, -0.2) is 13.1 Å². The van der Waals surface area contributed by atoms with E-state index in [4.69, 9.17) is 0 Å². The van der Waals surface area contributed by atoms with Crippen molar-refractivity contribution in [1.82, 2.24) is 10.9 Å². The molecule has 0 aromatic heterocycles. The monoisotopic (exact) mass is 208 g/mol. The van der Waals surface area contributed by atoms with Gasteiger partial charge in [0.15, 0.2) is 0 Å². The molecule has 0 atom stereocenters. The molecule has 0 fully saturated rings. The molecule has 15 heavy (non-hydrogen) atoms. The minimum absolute atomic E-state index is 0.205. The van der Waals surface area contributed by atoms with Gasteiger partial charge in [-0.3, -0.25) is 10.9 Å². The number of hydrogen-bond donors (Lipinski definition) is 2. The quantitative estimate of drug-likeness (QED) is 0.573. The minimum Gasteiger partial charge on any atom is -0.258 e. The van der Waals surface area contributed by atoms with Crippen molar-refractivity contribution in [1.29, 1.82) is 0 Å². The van der Waals surface area contributed by atoms with Crippen molar-refractivity contribution in [2.24, 2.45) is 0 Å². The lowest BCUT2D eigenvalue weighted by Gasteiger charge is -2.10. The van der Waals surface area contributed by atoms with Gasteiger partial charge in [0.2, 0.25) is 0 Å². The molecule has 82 valence electrons. The maximum atomic E-state index is 12.9. The number of hydrazine groups is 1. The Morgan fingerprint density at radius 1 is 1.40 bits per heavy atom. The van der Waals surface area contributed by atoms with Crippen LogP contribution in [0.5, 0.6) is 0 Å². The molecule has 1 aromatic carbocycles. The Balaban J connectivity index is 2.65. The first-order valence-corrected chi connectivity index (χ1v) is 5.05. The molecule has 0 spiro atoms. The fourth-order valence-corrected chi connectivity index (χ4v) is 1.41. The molecule has 0 aliphatic carbocycles. The van der Waals surface area contributed by atoms with Crippen molar-refractivity contribution in [3.8, 4) is 0 Å². The first-order valence-electron chi connectivity index (χ1n) is 5.05. The Morgan fingerprint density at radius 3 is 2.73 bits per heavy atom.